The van der Waals surface area contributed by atoms with Crippen LogP contribution in [0.25, 0.3) is 0 Å². The Labute approximate surface area is 137 Å². The summed E-state index contributed by atoms with van der Waals surface area (Å²) in [4.78, 5) is 13.3. The van der Waals surface area contributed by atoms with Crippen LogP contribution in [0.1, 0.15) is 28.7 Å². The van der Waals surface area contributed by atoms with E-state index in [1.165, 1.54) is 12.1 Å². The molecular weight excluding hydrogens is 313 g/mol. The Balaban J connectivity index is 1.71. The Kier molecular flexibility index (Phi) is 4.88. The van der Waals surface area contributed by atoms with Gasteiger partial charge in [-0.25, -0.2) is 4.39 Å². The maximum absolute atomic E-state index is 13.1. The summed E-state index contributed by atoms with van der Waals surface area (Å²) in [6, 6.07) is 13.5. The maximum atomic E-state index is 13.1. The van der Waals surface area contributed by atoms with E-state index in [2.05, 4.69) is 5.32 Å². The highest BCUT2D eigenvalue weighted by Gasteiger charge is 2.18. The molecule has 0 aliphatic heterocycles. The maximum Gasteiger partial charge on any atom is 0.221 e. The molecule has 0 saturated carbocycles. The quantitative estimate of drug-likeness (QED) is 0.732. The summed E-state index contributed by atoms with van der Waals surface area (Å²) in [7, 11) is 0. The zero-order chi connectivity index (χ0) is 16.1. The van der Waals surface area contributed by atoms with Gasteiger partial charge >= 0.3 is 0 Å². The van der Waals surface area contributed by atoms with E-state index in [4.69, 9.17) is 4.42 Å². The Hall–Kier alpha value is -2.40. The second-order valence-corrected chi connectivity index (χ2v) is 6.13. The molecule has 0 bridgehead atoms. The van der Waals surface area contributed by atoms with Gasteiger partial charge in [0.05, 0.1) is 12.3 Å². The number of thiophene rings is 1. The third-order valence-corrected chi connectivity index (χ3v) is 4.45. The van der Waals surface area contributed by atoms with Crippen LogP contribution >= 0.6 is 11.3 Å². The molecule has 1 unspecified atom stereocenters. The highest BCUT2D eigenvalue weighted by molar-refractivity contribution is 7.10. The Morgan fingerprint density at radius 1 is 1.17 bits per heavy atom. The minimum atomic E-state index is -0.289. The SMILES string of the molecule is O=C(CCc1ccco1)NC(c1ccc(F)cc1)c1cccs1. The summed E-state index contributed by atoms with van der Waals surface area (Å²) >= 11 is 1.56. The van der Waals surface area contributed by atoms with E-state index >= 15 is 0 Å². The van der Waals surface area contributed by atoms with Crippen molar-refractivity contribution in [2.24, 2.45) is 0 Å². The molecule has 0 radical (unpaired) electrons. The number of hydrogen-bond donors (Lipinski definition) is 1. The van der Waals surface area contributed by atoms with E-state index in [1.807, 2.05) is 23.6 Å². The van der Waals surface area contributed by atoms with Crippen molar-refractivity contribution in [2.75, 3.05) is 0 Å². The molecule has 2 aromatic heterocycles. The number of aryl methyl sites for hydroxylation is 1. The number of carbonyl (C=O) groups excluding carboxylic acids is 1. The molecule has 2 heterocycles. The fourth-order valence-corrected chi connectivity index (χ4v) is 3.16. The summed E-state index contributed by atoms with van der Waals surface area (Å²) in [5.41, 5.74) is 0.861. The van der Waals surface area contributed by atoms with Gasteiger partial charge in [-0.2, -0.15) is 0 Å². The molecule has 118 valence electrons. The van der Waals surface area contributed by atoms with Crippen molar-refractivity contribution < 1.29 is 13.6 Å². The predicted octanol–water partition coefficient (Wildman–Crippen LogP) is 4.32. The molecule has 0 aliphatic carbocycles. The van der Waals surface area contributed by atoms with Crippen molar-refractivity contribution in [3.05, 3.63) is 82.2 Å². The van der Waals surface area contributed by atoms with Gasteiger partial charge in [-0.05, 0) is 41.3 Å². The smallest absolute Gasteiger partial charge is 0.221 e. The monoisotopic (exact) mass is 329 g/mol. The molecule has 1 aromatic carbocycles. The second kappa shape index (κ2) is 7.24. The number of amides is 1. The molecule has 0 saturated heterocycles. The van der Waals surface area contributed by atoms with Gasteiger partial charge in [-0.3, -0.25) is 4.79 Å². The zero-order valence-electron chi connectivity index (χ0n) is 12.4. The third-order valence-electron chi connectivity index (χ3n) is 3.51. The summed E-state index contributed by atoms with van der Waals surface area (Å²) in [6.07, 6.45) is 2.50. The lowest BCUT2D eigenvalue weighted by atomic mass is 10.0. The van der Waals surface area contributed by atoms with Gasteiger partial charge in [0.15, 0.2) is 0 Å². The molecule has 0 aliphatic rings. The van der Waals surface area contributed by atoms with Crippen molar-refractivity contribution in [1.29, 1.82) is 0 Å². The molecule has 1 N–H and O–H groups in total. The van der Waals surface area contributed by atoms with Gasteiger partial charge in [0.25, 0.3) is 0 Å². The molecule has 3 rings (SSSR count). The number of benzene rings is 1. The van der Waals surface area contributed by atoms with E-state index in [0.717, 1.165) is 16.2 Å². The van der Waals surface area contributed by atoms with Crippen LogP contribution in [-0.2, 0) is 11.2 Å². The van der Waals surface area contributed by atoms with Crippen molar-refractivity contribution >= 4 is 17.2 Å². The molecule has 0 fully saturated rings. The Bertz CT molecular complexity index is 736. The van der Waals surface area contributed by atoms with Gasteiger partial charge in [0, 0.05) is 17.7 Å². The minimum absolute atomic E-state index is 0.0656. The fraction of sp³-hybridized carbons (Fsp3) is 0.167. The molecule has 0 spiro atoms. The minimum Gasteiger partial charge on any atom is -0.469 e. The van der Waals surface area contributed by atoms with Crippen molar-refractivity contribution in [3.63, 3.8) is 0 Å². The largest absolute Gasteiger partial charge is 0.469 e. The number of furan rings is 1. The van der Waals surface area contributed by atoms with Crippen molar-refractivity contribution in [3.8, 4) is 0 Å². The van der Waals surface area contributed by atoms with Gasteiger partial charge in [-0.1, -0.05) is 18.2 Å². The lowest BCUT2D eigenvalue weighted by Crippen LogP contribution is -2.29. The first kappa shape index (κ1) is 15.5. The van der Waals surface area contributed by atoms with Crippen LogP contribution in [0, 0.1) is 5.82 Å². The number of hydrogen-bond acceptors (Lipinski definition) is 3. The lowest BCUT2D eigenvalue weighted by Gasteiger charge is -2.18. The summed E-state index contributed by atoms with van der Waals surface area (Å²) in [5, 5.41) is 4.98. The molecule has 5 heteroatoms. The van der Waals surface area contributed by atoms with Crippen LogP contribution in [0.3, 0.4) is 0 Å². The van der Waals surface area contributed by atoms with E-state index in [9.17, 15) is 9.18 Å². The van der Waals surface area contributed by atoms with E-state index in [-0.39, 0.29) is 17.8 Å². The zero-order valence-corrected chi connectivity index (χ0v) is 13.2. The summed E-state index contributed by atoms with van der Waals surface area (Å²) in [5.74, 6) is 0.432. The van der Waals surface area contributed by atoms with Gasteiger partial charge in [0.1, 0.15) is 11.6 Å². The van der Waals surface area contributed by atoms with Gasteiger partial charge < -0.3 is 9.73 Å². The van der Waals surface area contributed by atoms with E-state index < -0.39 is 0 Å². The van der Waals surface area contributed by atoms with Gasteiger partial charge in [0.2, 0.25) is 5.91 Å². The van der Waals surface area contributed by atoms with Crippen LogP contribution in [0.15, 0.2) is 64.6 Å². The Morgan fingerprint density at radius 2 is 2.00 bits per heavy atom. The average molecular weight is 329 g/mol. The third kappa shape index (κ3) is 4.07. The standard InChI is InChI=1S/C18H16FNO2S/c19-14-7-5-13(6-8-14)18(16-4-2-12-23-16)20-17(21)10-9-15-3-1-11-22-15/h1-8,11-12,18H,9-10H2,(H,20,21). The lowest BCUT2D eigenvalue weighted by molar-refractivity contribution is -0.121. The van der Waals surface area contributed by atoms with Crippen LogP contribution in [0.5, 0.6) is 0 Å². The van der Waals surface area contributed by atoms with E-state index in [0.29, 0.717) is 12.8 Å². The Morgan fingerprint density at radius 3 is 2.65 bits per heavy atom. The number of halogens is 1. The van der Waals surface area contributed by atoms with Crippen LogP contribution in [-0.4, -0.2) is 5.91 Å². The number of nitrogens with one attached hydrogen (secondary N) is 1. The summed E-state index contributed by atoms with van der Waals surface area (Å²) in [6.45, 7) is 0. The molecule has 1 atom stereocenters. The average Bonchev–Trinajstić information content (AvgIpc) is 3.25. The molecule has 23 heavy (non-hydrogen) atoms. The topological polar surface area (TPSA) is 42.2 Å². The van der Waals surface area contributed by atoms with Crippen LogP contribution < -0.4 is 5.32 Å². The molecule has 1 amide bonds. The highest BCUT2D eigenvalue weighted by atomic mass is 32.1. The molecule has 3 aromatic rings. The predicted molar refractivity (Wildman–Crippen MR) is 87.7 cm³/mol. The van der Waals surface area contributed by atoms with Crippen LogP contribution in [0.2, 0.25) is 0 Å². The molecular formula is C18H16FNO2S. The highest BCUT2D eigenvalue weighted by Crippen LogP contribution is 2.26. The van der Waals surface area contributed by atoms with Crippen molar-refractivity contribution in [2.45, 2.75) is 18.9 Å². The number of rotatable bonds is 6. The van der Waals surface area contributed by atoms with Gasteiger partial charge in [-0.15, -0.1) is 11.3 Å². The fourth-order valence-electron chi connectivity index (χ4n) is 2.35. The summed E-state index contributed by atoms with van der Waals surface area (Å²) < 4.78 is 18.4. The number of carbonyl (C=O) groups is 1. The molecule has 3 nitrogen and oxygen atoms in total. The first-order chi connectivity index (χ1) is 11.2. The van der Waals surface area contributed by atoms with E-state index in [1.54, 1.807) is 35.8 Å². The van der Waals surface area contributed by atoms with Crippen LogP contribution in [0.4, 0.5) is 4.39 Å². The normalized spacial score (nSPS) is 12.0. The second-order valence-electron chi connectivity index (χ2n) is 5.15. The van der Waals surface area contributed by atoms with Crippen molar-refractivity contribution in [1.82, 2.24) is 5.32 Å². The first-order valence-corrected chi connectivity index (χ1v) is 8.21. The first-order valence-electron chi connectivity index (χ1n) is 7.33.